The Labute approximate surface area is 167 Å². The van der Waals surface area contributed by atoms with Crippen LogP contribution < -0.4 is 5.73 Å². The quantitative estimate of drug-likeness (QED) is 0.659. The second-order valence-electron chi connectivity index (χ2n) is 7.08. The van der Waals surface area contributed by atoms with Gasteiger partial charge in [-0.3, -0.25) is 4.79 Å². The molecule has 3 aromatic rings. The zero-order valence-corrected chi connectivity index (χ0v) is 15.8. The van der Waals surface area contributed by atoms with Gasteiger partial charge in [0.25, 0.3) is 5.91 Å². The van der Waals surface area contributed by atoms with Gasteiger partial charge in [-0.05, 0) is 29.8 Å². The largest absolute Gasteiger partial charge is 0.506 e. The number of pyridine rings is 1. The second kappa shape index (κ2) is 7.92. The minimum absolute atomic E-state index is 0.0621. The van der Waals surface area contributed by atoms with Gasteiger partial charge in [-0.15, -0.1) is 0 Å². The summed E-state index contributed by atoms with van der Waals surface area (Å²) in [6, 6.07) is 11.3. The number of carboxylic acid groups (broad SMARTS) is 1. The van der Waals surface area contributed by atoms with Gasteiger partial charge < -0.3 is 24.9 Å². The lowest BCUT2D eigenvalue weighted by molar-refractivity contribution is 0.0199. The summed E-state index contributed by atoms with van der Waals surface area (Å²) in [4.78, 5) is 29.7. The van der Waals surface area contributed by atoms with Gasteiger partial charge in [0, 0.05) is 56.0 Å². The number of aromatic nitrogens is 2. The summed E-state index contributed by atoms with van der Waals surface area (Å²) in [6.07, 6.45) is 3.30. The molecule has 3 heterocycles. The highest BCUT2D eigenvalue weighted by Crippen LogP contribution is 2.22. The molecular formula is C21H22N4O4. The fraction of sp³-hybridized carbons (Fsp3) is 0.286. The van der Waals surface area contributed by atoms with Crippen molar-refractivity contribution in [1.82, 2.24) is 14.3 Å². The van der Waals surface area contributed by atoms with E-state index < -0.39 is 6.16 Å². The Hall–Kier alpha value is -3.39. The first kappa shape index (κ1) is 18.9. The van der Waals surface area contributed by atoms with Gasteiger partial charge in [-0.25, -0.2) is 9.78 Å². The second-order valence-corrected chi connectivity index (χ2v) is 7.08. The number of likely N-dealkylation sites (tertiary alicyclic amines) is 1. The van der Waals surface area contributed by atoms with Crippen molar-refractivity contribution in [3.8, 4) is 11.3 Å². The smallest absolute Gasteiger partial charge is 0.450 e. The predicted octanol–water partition coefficient (Wildman–Crippen LogP) is 2.76. The van der Waals surface area contributed by atoms with Crippen LogP contribution in [0.2, 0.25) is 0 Å². The Bertz CT molecular complexity index is 1040. The number of benzene rings is 1. The highest BCUT2D eigenvalue weighted by molar-refractivity contribution is 5.94. The molecule has 2 aromatic heterocycles. The maximum Gasteiger partial charge on any atom is 0.506 e. The number of carbonyl (C=O) groups is 2. The average Bonchev–Trinajstić information content (AvgIpc) is 3.16. The molecule has 0 unspecified atom stereocenters. The number of imidazole rings is 1. The fourth-order valence-corrected chi connectivity index (χ4v) is 3.58. The van der Waals surface area contributed by atoms with Crippen LogP contribution in [0.3, 0.4) is 0 Å². The summed E-state index contributed by atoms with van der Waals surface area (Å²) >= 11 is 0. The van der Waals surface area contributed by atoms with Crippen LogP contribution in [-0.2, 0) is 11.3 Å². The lowest BCUT2D eigenvalue weighted by Gasteiger charge is -2.31. The molecule has 0 atom stereocenters. The van der Waals surface area contributed by atoms with Gasteiger partial charge in [0.05, 0.1) is 5.69 Å². The third-order valence-electron chi connectivity index (χ3n) is 5.18. The zero-order chi connectivity index (χ0) is 20.4. The number of nitrogens with two attached hydrogens (primary N) is 1. The summed E-state index contributed by atoms with van der Waals surface area (Å²) in [6.45, 7) is 1.43. The van der Waals surface area contributed by atoms with Crippen molar-refractivity contribution in [2.24, 2.45) is 5.73 Å². The Morgan fingerprint density at radius 1 is 1.17 bits per heavy atom. The number of fused-ring (bicyclic) bond motifs is 1. The molecule has 3 N–H and O–H groups in total. The molecule has 1 amide bonds. The normalized spacial score (nSPS) is 14.9. The van der Waals surface area contributed by atoms with E-state index in [2.05, 4.69) is 4.98 Å². The first-order valence-corrected chi connectivity index (χ1v) is 9.50. The molecule has 1 aromatic carbocycles. The number of hydrogen-bond acceptors (Lipinski definition) is 5. The molecule has 1 fully saturated rings. The monoisotopic (exact) mass is 394 g/mol. The van der Waals surface area contributed by atoms with Gasteiger partial charge >= 0.3 is 6.16 Å². The SMILES string of the molecule is NCc1ccn2cc(-c3ccc(C(=O)N4CCC(OC(=O)O)CC4)cc3)nc2c1. The van der Waals surface area contributed by atoms with Crippen molar-refractivity contribution in [2.45, 2.75) is 25.5 Å². The number of amides is 1. The third kappa shape index (κ3) is 4.07. The Morgan fingerprint density at radius 2 is 1.90 bits per heavy atom. The maximum atomic E-state index is 12.7. The number of nitrogens with zero attached hydrogens (tertiary/aromatic N) is 3. The van der Waals surface area contributed by atoms with Crippen molar-refractivity contribution in [2.75, 3.05) is 13.1 Å². The minimum atomic E-state index is -1.27. The Morgan fingerprint density at radius 3 is 2.55 bits per heavy atom. The Balaban J connectivity index is 1.45. The minimum Gasteiger partial charge on any atom is -0.450 e. The van der Waals surface area contributed by atoms with Crippen LogP contribution in [0.25, 0.3) is 16.9 Å². The molecule has 29 heavy (non-hydrogen) atoms. The number of hydrogen-bond donors (Lipinski definition) is 2. The van der Waals surface area contributed by atoms with Crippen molar-refractivity contribution in [3.63, 3.8) is 0 Å². The van der Waals surface area contributed by atoms with Crippen LogP contribution in [-0.4, -0.2) is 50.6 Å². The van der Waals surface area contributed by atoms with E-state index in [-0.39, 0.29) is 12.0 Å². The molecule has 0 bridgehead atoms. The van der Waals surface area contributed by atoms with Crippen molar-refractivity contribution >= 4 is 17.7 Å². The van der Waals surface area contributed by atoms with Gasteiger partial charge in [0.2, 0.25) is 0 Å². The van der Waals surface area contributed by atoms with Gasteiger partial charge in [0.1, 0.15) is 11.8 Å². The summed E-state index contributed by atoms with van der Waals surface area (Å²) in [7, 11) is 0. The van der Waals surface area contributed by atoms with E-state index in [0.29, 0.717) is 38.0 Å². The number of rotatable bonds is 4. The van der Waals surface area contributed by atoms with Crippen molar-refractivity contribution < 1.29 is 19.4 Å². The van der Waals surface area contributed by atoms with Crippen LogP contribution in [0.5, 0.6) is 0 Å². The van der Waals surface area contributed by atoms with Crippen LogP contribution >= 0.6 is 0 Å². The molecule has 1 aliphatic rings. The number of ether oxygens (including phenoxy) is 1. The van der Waals surface area contributed by atoms with Crippen LogP contribution in [0, 0.1) is 0 Å². The third-order valence-corrected chi connectivity index (χ3v) is 5.18. The first-order chi connectivity index (χ1) is 14.0. The van der Waals surface area contributed by atoms with Gasteiger partial charge in [-0.2, -0.15) is 0 Å². The summed E-state index contributed by atoms with van der Waals surface area (Å²) in [5.41, 5.74) is 9.88. The highest BCUT2D eigenvalue weighted by Gasteiger charge is 2.25. The molecule has 0 saturated carbocycles. The molecule has 8 heteroatoms. The summed E-state index contributed by atoms with van der Waals surface area (Å²) in [5.74, 6) is -0.0621. The van der Waals surface area contributed by atoms with Crippen LogP contribution in [0.1, 0.15) is 28.8 Å². The fourth-order valence-electron chi connectivity index (χ4n) is 3.58. The molecule has 0 spiro atoms. The van der Waals surface area contributed by atoms with E-state index in [1.54, 1.807) is 17.0 Å². The standard InChI is InChI=1S/C21H22N4O4/c22-12-14-5-8-25-13-18(23-19(25)11-14)15-1-3-16(4-2-15)20(26)24-9-6-17(7-10-24)29-21(27)28/h1-5,8,11,13,17H,6-7,9-10,12,22H2,(H,27,28). The predicted molar refractivity (Wildman–Crippen MR) is 107 cm³/mol. The van der Waals surface area contributed by atoms with Crippen LogP contribution in [0.15, 0.2) is 48.8 Å². The van der Waals surface area contributed by atoms with Crippen LogP contribution in [0.4, 0.5) is 4.79 Å². The molecule has 1 saturated heterocycles. The summed E-state index contributed by atoms with van der Waals surface area (Å²) < 4.78 is 6.73. The lowest BCUT2D eigenvalue weighted by atomic mass is 10.0. The van der Waals surface area contributed by atoms with Crippen molar-refractivity contribution in [1.29, 1.82) is 0 Å². The Kier molecular flexibility index (Phi) is 5.18. The molecule has 8 nitrogen and oxygen atoms in total. The molecule has 4 rings (SSSR count). The van der Waals surface area contributed by atoms with E-state index >= 15 is 0 Å². The molecule has 1 aliphatic heterocycles. The molecule has 0 radical (unpaired) electrons. The topological polar surface area (TPSA) is 110 Å². The molecular weight excluding hydrogens is 372 g/mol. The van der Waals surface area contributed by atoms with Crippen molar-refractivity contribution in [3.05, 3.63) is 59.9 Å². The van der Waals surface area contributed by atoms with E-state index in [0.717, 1.165) is 22.5 Å². The van der Waals surface area contributed by atoms with E-state index in [1.807, 2.05) is 41.1 Å². The van der Waals surface area contributed by atoms with E-state index in [1.165, 1.54) is 0 Å². The van der Waals surface area contributed by atoms with Gasteiger partial charge in [-0.1, -0.05) is 12.1 Å². The number of carbonyl (C=O) groups excluding carboxylic acids is 1. The van der Waals surface area contributed by atoms with Gasteiger partial charge in [0.15, 0.2) is 0 Å². The summed E-state index contributed by atoms with van der Waals surface area (Å²) in [5, 5.41) is 8.70. The zero-order valence-electron chi connectivity index (χ0n) is 15.8. The van der Waals surface area contributed by atoms with E-state index in [4.69, 9.17) is 15.6 Å². The molecule has 0 aliphatic carbocycles. The lowest BCUT2D eigenvalue weighted by Crippen LogP contribution is -2.41. The van der Waals surface area contributed by atoms with E-state index in [9.17, 15) is 9.59 Å². The molecule has 150 valence electrons. The highest BCUT2D eigenvalue weighted by atomic mass is 16.7. The maximum absolute atomic E-state index is 12.7. The first-order valence-electron chi connectivity index (χ1n) is 9.50. The average molecular weight is 394 g/mol. The number of piperidine rings is 1.